The van der Waals surface area contributed by atoms with E-state index in [0.717, 1.165) is 9.37 Å². The molecule has 0 saturated carbocycles. The number of halogens is 1. The van der Waals surface area contributed by atoms with Gasteiger partial charge in [0.05, 0.1) is 20.0 Å². The smallest absolute Gasteiger partial charge is 0.263 e. The third kappa shape index (κ3) is 5.43. The first kappa shape index (κ1) is 21.9. The van der Waals surface area contributed by atoms with Crippen molar-refractivity contribution in [3.63, 3.8) is 0 Å². The summed E-state index contributed by atoms with van der Waals surface area (Å²) in [6, 6.07) is 19.8. The first-order chi connectivity index (χ1) is 14.5. The largest absolute Gasteiger partial charge is 0.496 e. The molecule has 3 rings (SSSR count). The minimum Gasteiger partial charge on any atom is -0.496 e. The van der Waals surface area contributed by atoms with Gasteiger partial charge in [-0.15, -0.1) is 11.8 Å². The summed E-state index contributed by atoms with van der Waals surface area (Å²) in [4.78, 5) is 26.1. The van der Waals surface area contributed by atoms with E-state index in [2.05, 4.69) is 21.2 Å². The van der Waals surface area contributed by atoms with Crippen LogP contribution in [-0.2, 0) is 0 Å². The molecule has 0 aliphatic carbocycles. The fourth-order valence-corrected chi connectivity index (χ4v) is 3.91. The third-order valence-corrected chi connectivity index (χ3v) is 5.81. The number of thioether (sulfide) groups is 1. The van der Waals surface area contributed by atoms with Gasteiger partial charge in [0.2, 0.25) is 0 Å². The van der Waals surface area contributed by atoms with E-state index in [1.165, 1.54) is 26.0 Å². The van der Waals surface area contributed by atoms with E-state index in [4.69, 9.17) is 9.47 Å². The molecule has 0 aliphatic heterocycles. The fourth-order valence-electron chi connectivity index (χ4n) is 2.80. The Labute approximate surface area is 187 Å². The van der Waals surface area contributed by atoms with Gasteiger partial charge in [-0.1, -0.05) is 40.2 Å². The third-order valence-electron chi connectivity index (χ3n) is 4.28. The molecule has 0 heterocycles. The molecule has 5 nitrogen and oxygen atoms in total. The van der Waals surface area contributed by atoms with E-state index in [9.17, 15) is 9.59 Å². The Morgan fingerprint density at radius 2 is 1.57 bits per heavy atom. The molecule has 1 amide bonds. The van der Waals surface area contributed by atoms with Crippen molar-refractivity contribution in [2.75, 3.05) is 25.3 Å². The number of nitrogens with one attached hydrogen (secondary N) is 1. The Kier molecular flexibility index (Phi) is 7.54. The number of carbonyl (C=O) groups excluding carboxylic acids is 2. The summed E-state index contributed by atoms with van der Waals surface area (Å²) in [5.74, 6) is 0.868. The first-order valence-electron chi connectivity index (χ1n) is 9.06. The summed E-state index contributed by atoms with van der Waals surface area (Å²) in [5, 5.41) is 2.87. The van der Waals surface area contributed by atoms with Gasteiger partial charge >= 0.3 is 0 Å². The Hall–Kier alpha value is -2.77. The molecule has 154 valence electrons. The van der Waals surface area contributed by atoms with Gasteiger partial charge < -0.3 is 14.8 Å². The van der Waals surface area contributed by atoms with E-state index >= 15 is 0 Å². The quantitative estimate of drug-likeness (QED) is 0.327. The molecule has 7 heteroatoms. The van der Waals surface area contributed by atoms with Crippen LogP contribution in [0.25, 0.3) is 0 Å². The molecule has 0 aliphatic rings. The Morgan fingerprint density at radius 3 is 2.20 bits per heavy atom. The van der Waals surface area contributed by atoms with Crippen molar-refractivity contribution in [1.29, 1.82) is 0 Å². The highest BCUT2D eigenvalue weighted by Gasteiger charge is 2.18. The molecule has 0 spiro atoms. The first-order valence-corrected chi connectivity index (χ1v) is 10.8. The van der Waals surface area contributed by atoms with Crippen LogP contribution in [-0.4, -0.2) is 31.7 Å². The maximum Gasteiger partial charge on any atom is 0.263 e. The van der Waals surface area contributed by atoms with Gasteiger partial charge in [-0.3, -0.25) is 9.59 Å². The minimum absolute atomic E-state index is 0.0423. The Morgan fingerprint density at radius 1 is 0.933 bits per heavy atom. The summed E-state index contributed by atoms with van der Waals surface area (Å²) in [5.41, 5.74) is 1.61. The molecule has 0 unspecified atom stereocenters. The van der Waals surface area contributed by atoms with E-state index in [1.54, 1.807) is 36.4 Å². The lowest BCUT2D eigenvalue weighted by Gasteiger charge is -2.13. The van der Waals surface area contributed by atoms with E-state index in [1.807, 2.05) is 30.3 Å². The van der Waals surface area contributed by atoms with Gasteiger partial charge in [0.25, 0.3) is 5.91 Å². The molecule has 3 aromatic carbocycles. The number of rotatable bonds is 8. The number of benzene rings is 3. The standard InChI is InChI=1S/C23H20BrNO4S/c1-28-20-7-4-8-21(29-2)22(20)23(27)25-17-5-3-6-18(13-17)30-14-19(26)15-9-11-16(24)12-10-15/h3-13H,14H2,1-2H3,(H,25,27). The van der Waals surface area contributed by atoms with Crippen LogP contribution >= 0.6 is 27.7 Å². The lowest BCUT2D eigenvalue weighted by atomic mass is 10.1. The minimum atomic E-state index is -0.336. The highest BCUT2D eigenvalue weighted by Crippen LogP contribution is 2.30. The molecule has 0 bridgehead atoms. The fraction of sp³-hybridized carbons (Fsp3) is 0.130. The number of Topliss-reactive ketones (excluding diaryl/α,β-unsaturated/α-hetero) is 1. The number of anilines is 1. The molecule has 30 heavy (non-hydrogen) atoms. The second-order valence-corrected chi connectivity index (χ2v) is 8.20. The topological polar surface area (TPSA) is 64.6 Å². The van der Waals surface area contributed by atoms with Gasteiger partial charge in [0.15, 0.2) is 5.78 Å². The van der Waals surface area contributed by atoms with Crippen LogP contribution in [0.5, 0.6) is 11.5 Å². The molecule has 0 radical (unpaired) electrons. The molecule has 3 aromatic rings. The number of amides is 1. The predicted molar refractivity (Wildman–Crippen MR) is 123 cm³/mol. The van der Waals surface area contributed by atoms with Gasteiger partial charge in [0.1, 0.15) is 17.1 Å². The highest BCUT2D eigenvalue weighted by atomic mass is 79.9. The lowest BCUT2D eigenvalue weighted by molar-refractivity contribution is 0.101. The number of hydrogen-bond donors (Lipinski definition) is 1. The molecule has 0 aromatic heterocycles. The number of ether oxygens (including phenoxy) is 2. The van der Waals surface area contributed by atoms with Crippen LogP contribution in [0.15, 0.2) is 76.1 Å². The normalized spacial score (nSPS) is 10.4. The van der Waals surface area contributed by atoms with Crippen molar-refractivity contribution in [2.45, 2.75) is 4.90 Å². The maximum atomic E-state index is 12.8. The van der Waals surface area contributed by atoms with Crippen molar-refractivity contribution in [3.05, 3.63) is 82.3 Å². The lowest BCUT2D eigenvalue weighted by Crippen LogP contribution is -2.14. The van der Waals surface area contributed by atoms with Crippen molar-refractivity contribution in [3.8, 4) is 11.5 Å². The summed E-state index contributed by atoms with van der Waals surface area (Å²) in [7, 11) is 3.01. The number of methoxy groups -OCH3 is 2. The number of carbonyl (C=O) groups is 2. The summed E-state index contributed by atoms with van der Waals surface area (Å²) in [6.45, 7) is 0. The van der Waals surface area contributed by atoms with Crippen molar-refractivity contribution >= 4 is 45.1 Å². The van der Waals surface area contributed by atoms with E-state index in [0.29, 0.717) is 34.1 Å². The van der Waals surface area contributed by atoms with Crippen LogP contribution in [0.2, 0.25) is 0 Å². The monoisotopic (exact) mass is 485 g/mol. The van der Waals surface area contributed by atoms with Crippen LogP contribution in [0.3, 0.4) is 0 Å². The van der Waals surface area contributed by atoms with Gasteiger partial charge in [-0.25, -0.2) is 0 Å². The Balaban J connectivity index is 1.69. The van der Waals surface area contributed by atoms with Gasteiger partial charge in [-0.2, -0.15) is 0 Å². The van der Waals surface area contributed by atoms with Crippen LogP contribution in [0, 0.1) is 0 Å². The SMILES string of the molecule is COc1cccc(OC)c1C(=O)Nc1cccc(SCC(=O)c2ccc(Br)cc2)c1. The number of ketones is 1. The second-order valence-electron chi connectivity index (χ2n) is 6.24. The average Bonchev–Trinajstić information content (AvgIpc) is 2.77. The molecule has 0 atom stereocenters. The maximum absolute atomic E-state index is 12.8. The molecular weight excluding hydrogens is 466 g/mol. The Bertz CT molecular complexity index is 1030. The van der Waals surface area contributed by atoms with E-state index < -0.39 is 0 Å². The van der Waals surface area contributed by atoms with Gasteiger partial charge in [-0.05, 0) is 42.5 Å². The molecular formula is C23H20BrNO4S. The predicted octanol–water partition coefficient (Wildman–Crippen LogP) is 5.69. The second kappa shape index (κ2) is 10.3. The zero-order valence-electron chi connectivity index (χ0n) is 16.5. The van der Waals surface area contributed by atoms with Crippen LogP contribution in [0.4, 0.5) is 5.69 Å². The van der Waals surface area contributed by atoms with Crippen molar-refractivity contribution in [1.82, 2.24) is 0 Å². The van der Waals surface area contributed by atoms with E-state index in [-0.39, 0.29) is 11.7 Å². The van der Waals surface area contributed by atoms with Gasteiger partial charge in [0, 0.05) is 20.6 Å². The molecule has 1 N–H and O–H groups in total. The van der Waals surface area contributed by atoms with Crippen molar-refractivity contribution in [2.24, 2.45) is 0 Å². The molecule has 0 fully saturated rings. The summed E-state index contributed by atoms with van der Waals surface area (Å²) < 4.78 is 11.5. The number of hydrogen-bond acceptors (Lipinski definition) is 5. The van der Waals surface area contributed by atoms with Crippen molar-refractivity contribution < 1.29 is 19.1 Å². The summed E-state index contributed by atoms with van der Waals surface area (Å²) >= 11 is 4.78. The van der Waals surface area contributed by atoms with Crippen LogP contribution in [0.1, 0.15) is 20.7 Å². The highest BCUT2D eigenvalue weighted by molar-refractivity contribution is 9.10. The van der Waals surface area contributed by atoms with Crippen LogP contribution < -0.4 is 14.8 Å². The zero-order valence-corrected chi connectivity index (χ0v) is 18.9. The molecule has 0 saturated heterocycles. The summed E-state index contributed by atoms with van der Waals surface area (Å²) in [6.07, 6.45) is 0. The zero-order chi connectivity index (χ0) is 21.5. The average molecular weight is 486 g/mol.